The number of thioether (sulfide) groups is 1. The molecular formula is C33H53N3O7S. The highest BCUT2D eigenvalue weighted by Gasteiger charge is 2.37. The highest BCUT2D eigenvalue weighted by atomic mass is 32.2. The SMILES string of the molecule is CCCCCCCCOC(=O)C(C)(C)Sc1cc(C)c(C(=O)N(C(C)C)[C@@H]2CCCN(C(=O)OC(C)(C)C)C2)cc1[N+](=O)[O-]. The van der Waals surface area contributed by atoms with Gasteiger partial charge in [-0.15, -0.1) is 11.8 Å². The molecular weight excluding hydrogens is 582 g/mol. The average molecular weight is 636 g/mol. The topological polar surface area (TPSA) is 119 Å². The van der Waals surface area contributed by atoms with Crippen LogP contribution in [0.1, 0.15) is 123 Å². The van der Waals surface area contributed by atoms with Crippen molar-refractivity contribution in [3.8, 4) is 0 Å². The number of nitro groups is 1. The Bertz CT molecular complexity index is 1160. The van der Waals surface area contributed by atoms with Crippen molar-refractivity contribution in [2.75, 3.05) is 19.7 Å². The number of likely N-dealkylation sites (tertiary alicyclic amines) is 1. The molecule has 0 bridgehead atoms. The molecule has 0 aliphatic carbocycles. The van der Waals surface area contributed by atoms with E-state index in [1.54, 1.807) is 36.6 Å². The third-order valence-corrected chi connectivity index (χ3v) is 8.78. The van der Waals surface area contributed by atoms with Gasteiger partial charge in [0.05, 0.1) is 22.5 Å². The summed E-state index contributed by atoms with van der Waals surface area (Å²) in [7, 11) is 0. The first-order valence-electron chi connectivity index (χ1n) is 15.9. The van der Waals surface area contributed by atoms with Gasteiger partial charge in [0.15, 0.2) is 0 Å². The quantitative estimate of drug-likeness (QED) is 0.0665. The molecule has 0 saturated carbocycles. The summed E-state index contributed by atoms with van der Waals surface area (Å²) in [6, 6.07) is 2.46. The van der Waals surface area contributed by atoms with Crippen LogP contribution >= 0.6 is 11.8 Å². The van der Waals surface area contributed by atoms with E-state index in [1.165, 1.54) is 25.3 Å². The molecule has 0 aromatic heterocycles. The lowest BCUT2D eigenvalue weighted by atomic mass is 9.99. The summed E-state index contributed by atoms with van der Waals surface area (Å²) in [6.07, 6.45) is 7.43. The number of piperidine rings is 1. The van der Waals surface area contributed by atoms with E-state index in [9.17, 15) is 24.5 Å². The Labute approximate surface area is 267 Å². The number of aryl methyl sites for hydroxylation is 1. The lowest BCUT2D eigenvalue weighted by Gasteiger charge is -2.41. The van der Waals surface area contributed by atoms with Crippen molar-refractivity contribution in [3.63, 3.8) is 0 Å². The van der Waals surface area contributed by atoms with Gasteiger partial charge in [-0.1, -0.05) is 39.0 Å². The van der Waals surface area contributed by atoms with E-state index in [4.69, 9.17) is 9.47 Å². The summed E-state index contributed by atoms with van der Waals surface area (Å²) in [6.45, 7) is 17.7. The molecule has 248 valence electrons. The molecule has 10 nitrogen and oxygen atoms in total. The van der Waals surface area contributed by atoms with Gasteiger partial charge >= 0.3 is 12.1 Å². The van der Waals surface area contributed by atoms with Crippen LogP contribution in [0.15, 0.2) is 17.0 Å². The second-order valence-electron chi connectivity index (χ2n) is 13.4. The van der Waals surface area contributed by atoms with Crippen LogP contribution in [0, 0.1) is 17.0 Å². The molecule has 1 saturated heterocycles. The second kappa shape index (κ2) is 16.5. The Hall–Kier alpha value is -2.82. The molecule has 0 N–H and O–H groups in total. The predicted octanol–water partition coefficient (Wildman–Crippen LogP) is 7.93. The smallest absolute Gasteiger partial charge is 0.410 e. The van der Waals surface area contributed by atoms with Gasteiger partial charge in [-0.3, -0.25) is 19.7 Å². The van der Waals surface area contributed by atoms with E-state index in [-0.39, 0.29) is 29.2 Å². The fraction of sp³-hybridized carbons (Fsp3) is 0.727. The molecule has 1 atom stereocenters. The number of nitro benzene ring substituents is 1. The van der Waals surface area contributed by atoms with E-state index >= 15 is 0 Å². The molecule has 11 heteroatoms. The Morgan fingerprint density at radius 1 is 1.09 bits per heavy atom. The molecule has 1 aromatic rings. The van der Waals surface area contributed by atoms with Crippen molar-refractivity contribution in [3.05, 3.63) is 33.4 Å². The first kappa shape index (κ1) is 37.4. The number of amides is 2. The van der Waals surface area contributed by atoms with E-state index in [0.717, 1.165) is 31.0 Å². The molecule has 0 unspecified atom stereocenters. The van der Waals surface area contributed by atoms with Crippen molar-refractivity contribution in [1.82, 2.24) is 9.80 Å². The number of benzene rings is 1. The van der Waals surface area contributed by atoms with E-state index in [0.29, 0.717) is 43.0 Å². The first-order chi connectivity index (χ1) is 20.5. The zero-order valence-corrected chi connectivity index (χ0v) is 29.0. The fourth-order valence-corrected chi connectivity index (χ4v) is 6.46. The summed E-state index contributed by atoms with van der Waals surface area (Å²) in [4.78, 5) is 55.1. The lowest BCUT2D eigenvalue weighted by molar-refractivity contribution is -0.387. The van der Waals surface area contributed by atoms with Gasteiger partial charge < -0.3 is 19.3 Å². The third kappa shape index (κ3) is 11.0. The Balaban J connectivity index is 2.23. The van der Waals surface area contributed by atoms with Crippen molar-refractivity contribution in [2.24, 2.45) is 0 Å². The van der Waals surface area contributed by atoms with Crippen LogP contribution in [0.4, 0.5) is 10.5 Å². The molecule has 1 aromatic carbocycles. The van der Waals surface area contributed by atoms with Crippen molar-refractivity contribution >= 4 is 35.4 Å². The van der Waals surface area contributed by atoms with Crippen LogP contribution in [0.3, 0.4) is 0 Å². The monoisotopic (exact) mass is 635 g/mol. The molecule has 1 aliphatic rings. The Morgan fingerprint density at radius 3 is 2.32 bits per heavy atom. The summed E-state index contributed by atoms with van der Waals surface area (Å²) in [5.74, 6) is -0.758. The van der Waals surface area contributed by atoms with Gasteiger partial charge in [0.1, 0.15) is 10.3 Å². The normalized spacial score (nSPS) is 15.7. The van der Waals surface area contributed by atoms with E-state index in [2.05, 4.69) is 6.92 Å². The van der Waals surface area contributed by atoms with Crippen LogP contribution in [-0.2, 0) is 14.3 Å². The molecule has 1 aliphatic heterocycles. The van der Waals surface area contributed by atoms with E-state index in [1.807, 2.05) is 34.6 Å². The number of esters is 1. The number of carbonyl (C=O) groups excluding carboxylic acids is 3. The minimum absolute atomic E-state index is 0.209. The molecule has 44 heavy (non-hydrogen) atoms. The van der Waals surface area contributed by atoms with Gasteiger partial charge in [0.25, 0.3) is 11.6 Å². The van der Waals surface area contributed by atoms with Crippen LogP contribution < -0.4 is 0 Å². The van der Waals surface area contributed by atoms with E-state index < -0.39 is 27.3 Å². The Kier molecular flexibility index (Phi) is 14.0. The summed E-state index contributed by atoms with van der Waals surface area (Å²) < 4.78 is 10.0. The molecule has 0 spiro atoms. The maximum atomic E-state index is 14.0. The second-order valence-corrected chi connectivity index (χ2v) is 15.1. The maximum Gasteiger partial charge on any atom is 0.410 e. The van der Waals surface area contributed by atoms with Gasteiger partial charge in [-0.25, -0.2) is 4.79 Å². The highest BCUT2D eigenvalue weighted by Crippen LogP contribution is 2.41. The maximum absolute atomic E-state index is 14.0. The van der Waals surface area contributed by atoms with Crippen molar-refractivity contribution < 1.29 is 28.8 Å². The van der Waals surface area contributed by atoms with Crippen molar-refractivity contribution in [2.45, 2.75) is 141 Å². The first-order valence-corrected chi connectivity index (χ1v) is 16.8. The molecule has 1 fully saturated rings. The summed E-state index contributed by atoms with van der Waals surface area (Å²) >= 11 is 1.07. The lowest BCUT2D eigenvalue weighted by Crippen LogP contribution is -2.54. The van der Waals surface area contributed by atoms with Crippen LogP contribution in [0.2, 0.25) is 0 Å². The van der Waals surface area contributed by atoms with Crippen LogP contribution in [0.25, 0.3) is 0 Å². The standard InChI is InChI=1S/C33H53N3O7S/c1-10-11-12-13-14-15-19-42-30(38)33(8,9)44-28-20-24(4)26(21-27(28)36(40)41)29(37)35(23(2)3)25-17-16-18-34(22-25)31(39)43-32(5,6)7/h20-21,23,25H,10-19,22H2,1-9H3/t25-/m1/s1. The number of rotatable bonds is 14. The molecule has 2 amide bonds. The number of ether oxygens (including phenoxy) is 2. The van der Waals surface area contributed by atoms with Crippen molar-refractivity contribution in [1.29, 1.82) is 0 Å². The predicted molar refractivity (Wildman–Crippen MR) is 174 cm³/mol. The van der Waals surface area contributed by atoms with Gasteiger partial charge in [0, 0.05) is 30.8 Å². The highest BCUT2D eigenvalue weighted by molar-refractivity contribution is 8.01. The number of carbonyl (C=O) groups is 3. The van der Waals surface area contributed by atoms with Crippen LogP contribution in [-0.4, -0.2) is 74.8 Å². The number of hydrogen-bond acceptors (Lipinski definition) is 8. The summed E-state index contributed by atoms with van der Waals surface area (Å²) in [5.41, 5.74) is -0.0621. The minimum Gasteiger partial charge on any atom is -0.465 e. The number of hydrogen-bond donors (Lipinski definition) is 0. The Morgan fingerprint density at radius 2 is 1.73 bits per heavy atom. The minimum atomic E-state index is -1.07. The van der Waals surface area contributed by atoms with Crippen LogP contribution in [0.5, 0.6) is 0 Å². The number of unbranched alkanes of at least 4 members (excludes halogenated alkanes) is 5. The zero-order chi connectivity index (χ0) is 33.2. The zero-order valence-electron chi connectivity index (χ0n) is 28.2. The fourth-order valence-electron chi connectivity index (χ4n) is 5.30. The third-order valence-electron chi connectivity index (χ3n) is 7.55. The number of nitrogens with zero attached hydrogens (tertiary/aromatic N) is 3. The molecule has 2 rings (SSSR count). The largest absolute Gasteiger partial charge is 0.465 e. The molecule has 1 heterocycles. The molecule has 0 radical (unpaired) electrons. The summed E-state index contributed by atoms with van der Waals surface area (Å²) in [5, 5.41) is 12.2. The van der Waals surface area contributed by atoms with Gasteiger partial charge in [-0.2, -0.15) is 0 Å². The average Bonchev–Trinajstić information content (AvgIpc) is 2.91. The van der Waals surface area contributed by atoms with Gasteiger partial charge in [0.2, 0.25) is 0 Å². The van der Waals surface area contributed by atoms with Gasteiger partial charge in [-0.05, 0) is 86.3 Å².